The number of piperidine rings is 1. The molecule has 3 rings (SSSR count). The highest BCUT2D eigenvalue weighted by atomic mass is 16.2. The lowest BCUT2D eigenvalue weighted by Crippen LogP contribution is -2.41. The van der Waals surface area contributed by atoms with Crippen LogP contribution < -0.4 is 11.3 Å². The second kappa shape index (κ2) is 6.41. The molecule has 1 aromatic rings. The van der Waals surface area contributed by atoms with Crippen molar-refractivity contribution in [2.45, 2.75) is 31.7 Å². The Labute approximate surface area is 125 Å². The molecule has 1 amide bonds. The molecule has 1 unspecified atom stereocenters. The number of hydrazine groups is 1. The molecule has 2 aliphatic rings. The Balaban J connectivity index is 1.63. The molecule has 2 aliphatic heterocycles. The molecule has 6 nitrogen and oxygen atoms in total. The molecular weight excluding hydrogens is 266 g/mol. The second-order valence-electron chi connectivity index (χ2n) is 5.86. The van der Waals surface area contributed by atoms with E-state index in [1.165, 1.54) is 32.4 Å². The van der Waals surface area contributed by atoms with Gasteiger partial charge in [-0.05, 0) is 44.5 Å². The third kappa shape index (κ3) is 3.16. The first-order valence-electron chi connectivity index (χ1n) is 7.74. The number of carbonyl (C=O) groups is 1. The summed E-state index contributed by atoms with van der Waals surface area (Å²) in [7, 11) is 0. The van der Waals surface area contributed by atoms with Crippen molar-refractivity contribution >= 4 is 11.7 Å². The summed E-state index contributed by atoms with van der Waals surface area (Å²) in [6.45, 7) is 4.05. The van der Waals surface area contributed by atoms with E-state index in [0.29, 0.717) is 17.4 Å². The van der Waals surface area contributed by atoms with Gasteiger partial charge >= 0.3 is 0 Å². The van der Waals surface area contributed by atoms with Gasteiger partial charge in [0, 0.05) is 30.9 Å². The molecular formula is C15H23N5O. The lowest BCUT2D eigenvalue weighted by molar-refractivity contribution is 0.0771. The van der Waals surface area contributed by atoms with Crippen molar-refractivity contribution in [1.29, 1.82) is 0 Å². The molecule has 0 saturated carbocycles. The van der Waals surface area contributed by atoms with Crippen molar-refractivity contribution in [2.75, 3.05) is 31.6 Å². The second-order valence-corrected chi connectivity index (χ2v) is 5.86. The Bertz CT molecular complexity index is 501. The largest absolute Gasteiger partial charge is 0.337 e. The van der Waals surface area contributed by atoms with Crippen molar-refractivity contribution in [3.63, 3.8) is 0 Å². The van der Waals surface area contributed by atoms with E-state index in [9.17, 15) is 4.79 Å². The standard InChI is InChI=1S/C15H23N5O/c16-18-14-10-12(4-6-17-14)15(21)20-9-5-13(11-20)19-7-2-1-3-8-19/h4,6,10,13H,1-3,5,7-9,11,16H2,(H,17,18). The van der Waals surface area contributed by atoms with E-state index in [1.54, 1.807) is 18.3 Å². The van der Waals surface area contributed by atoms with Crippen LogP contribution in [-0.2, 0) is 0 Å². The number of nitrogens with two attached hydrogens (primary N) is 1. The number of hydrogen-bond acceptors (Lipinski definition) is 5. The lowest BCUT2D eigenvalue weighted by Gasteiger charge is -2.32. The minimum absolute atomic E-state index is 0.0772. The van der Waals surface area contributed by atoms with E-state index < -0.39 is 0 Å². The highest BCUT2D eigenvalue weighted by molar-refractivity contribution is 5.95. The molecule has 0 aliphatic carbocycles. The van der Waals surface area contributed by atoms with Crippen LogP contribution in [0.15, 0.2) is 18.3 Å². The van der Waals surface area contributed by atoms with Gasteiger partial charge in [0.1, 0.15) is 5.82 Å². The van der Waals surface area contributed by atoms with Crippen molar-refractivity contribution in [2.24, 2.45) is 5.84 Å². The zero-order valence-corrected chi connectivity index (χ0v) is 12.3. The summed E-state index contributed by atoms with van der Waals surface area (Å²) in [6, 6.07) is 3.98. The molecule has 0 spiro atoms. The van der Waals surface area contributed by atoms with Crippen molar-refractivity contribution in [1.82, 2.24) is 14.8 Å². The SMILES string of the molecule is NNc1cc(C(=O)N2CCC(N3CCCCC3)C2)ccn1. The number of likely N-dealkylation sites (tertiary alicyclic amines) is 2. The predicted octanol–water partition coefficient (Wildman–Crippen LogP) is 1.07. The van der Waals surface area contributed by atoms with Crippen LogP contribution in [0, 0.1) is 0 Å². The molecule has 3 N–H and O–H groups in total. The Morgan fingerprint density at radius 2 is 2.10 bits per heavy atom. The van der Waals surface area contributed by atoms with Crippen molar-refractivity contribution in [3.8, 4) is 0 Å². The van der Waals surface area contributed by atoms with Gasteiger partial charge in [-0.2, -0.15) is 0 Å². The van der Waals surface area contributed by atoms with Gasteiger partial charge in [-0.25, -0.2) is 10.8 Å². The third-order valence-corrected chi connectivity index (χ3v) is 4.51. The summed E-state index contributed by atoms with van der Waals surface area (Å²) < 4.78 is 0. The van der Waals surface area contributed by atoms with Crippen molar-refractivity contribution in [3.05, 3.63) is 23.9 Å². The maximum Gasteiger partial charge on any atom is 0.254 e. The summed E-state index contributed by atoms with van der Waals surface area (Å²) in [5.41, 5.74) is 3.13. The molecule has 2 fully saturated rings. The van der Waals surface area contributed by atoms with E-state index >= 15 is 0 Å². The molecule has 3 heterocycles. The zero-order chi connectivity index (χ0) is 14.7. The number of hydrogen-bond donors (Lipinski definition) is 2. The highest BCUT2D eigenvalue weighted by Gasteiger charge is 2.31. The molecule has 1 aromatic heterocycles. The minimum atomic E-state index is 0.0772. The number of nitrogens with zero attached hydrogens (tertiary/aromatic N) is 3. The number of pyridine rings is 1. The summed E-state index contributed by atoms with van der Waals surface area (Å²) in [5.74, 6) is 5.95. The topological polar surface area (TPSA) is 74.5 Å². The van der Waals surface area contributed by atoms with Gasteiger partial charge in [0.05, 0.1) is 0 Å². The van der Waals surface area contributed by atoms with Crippen LogP contribution in [0.4, 0.5) is 5.82 Å². The number of aromatic nitrogens is 1. The Kier molecular flexibility index (Phi) is 4.36. The Morgan fingerprint density at radius 1 is 1.29 bits per heavy atom. The first kappa shape index (κ1) is 14.3. The van der Waals surface area contributed by atoms with Gasteiger partial charge in [-0.3, -0.25) is 9.69 Å². The zero-order valence-electron chi connectivity index (χ0n) is 12.3. The summed E-state index contributed by atoms with van der Waals surface area (Å²) in [4.78, 5) is 21.1. The fraction of sp³-hybridized carbons (Fsp3) is 0.600. The van der Waals surface area contributed by atoms with Crippen LogP contribution in [0.1, 0.15) is 36.0 Å². The van der Waals surface area contributed by atoms with E-state index in [-0.39, 0.29) is 5.91 Å². The van der Waals surface area contributed by atoms with Gasteiger partial charge in [-0.15, -0.1) is 0 Å². The maximum atomic E-state index is 12.6. The number of anilines is 1. The first-order valence-corrected chi connectivity index (χ1v) is 7.74. The lowest BCUT2D eigenvalue weighted by atomic mass is 10.1. The molecule has 0 aromatic carbocycles. The third-order valence-electron chi connectivity index (χ3n) is 4.51. The number of rotatable bonds is 3. The summed E-state index contributed by atoms with van der Waals surface area (Å²) >= 11 is 0. The molecule has 21 heavy (non-hydrogen) atoms. The van der Waals surface area contributed by atoms with E-state index in [1.807, 2.05) is 4.90 Å². The average Bonchev–Trinajstić information content (AvgIpc) is 3.05. The highest BCUT2D eigenvalue weighted by Crippen LogP contribution is 2.22. The first-order chi connectivity index (χ1) is 10.3. The Hall–Kier alpha value is -1.66. The monoisotopic (exact) mass is 289 g/mol. The van der Waals surface area contributed by atoms with Crippen LogP contribution >= 0.6 is 0 Å². The maximum absolute atomic E-state index is 12.6. The smallest absolute Gasteiger partial charge is 0.254 e. The van der Waals surface area contributed by atoms with Gasteiger partial charge in [0.2, 0.25) is 0 Å². The number of carbonyl (C=O) groups excluding carboxylic acids is 1. The number of nitrogen functional groups attached to an aromatic ring is 1. The molecule has 114 valence electrons. The van der Waals surface area contributed by atoms with Gasteiger partial charge < -0.3 is 10.3 Å². The van der Waals surface area contributed by atoms with Gasteiger partial charge in [0.25, 0.3) is 5.91 Å². The van der Waals surface area contributed by atoms with Crippen LogP contribution in [0.5, 0.6) is 0 Å². The predicted molar refractivity (Wildman–Crippen MR) is 81.8 cm³/mol. The van der Waals surface area contributed by atoms with Gasteiger partial charge in [0.15, 0.2) is 0 Å². The fourth-order valence-electron chi connectivity index (χ4n) is 3.33. The molecule has 2 saturated heterocycles. The molecule has 1 atom stereocenters. The summed E-state index contributed by atoms with van der Waals surface area (Å²) in [5, 5.41) is 0. The van der Waals surface area contributed by atoms with Crippen molar-refractivity contribution < 1.29 is 4.79 Å². The fourth-order valence-corrected chi connectivity index (χ4v) is 3.33. The molecule has 0 radical (unpaired) electrons. The van der Waals surface area contributed by atoms with Crippen LogP contribution in [0.3, 0.4) is 0 Å². The van der Waals surface area contributed by atoms with E-state index in [0.717, 1.165) is 19.5 Å². The van der Waals surface area contributed by atoms with E-state index in [2.05, 4.69) is 15.3 Å². The quantitative estimate of drug-likeness (QED) is 0.643. The van der Waals surface area contributed by atoms with Crippen LogP contribution in [0.25, 0.3) is 0 Å². The van der Waals surface area contributed by atoms with Gasteiger partial charge in [-0.1, -0.05) is 6.42 Å². The van der Waals surface area contributed by atoms with Crippen LogP contribution in [0.2, 0.25) is 0 Å². The number of nitrogens with one attached hydrogen (secondary N) is 1. The minimum Gasteiger partial charge on any atom is -0.337 e. The summed E-state index contributed by atoms with van der Waals surface area (Å²) in [6.07, 6.45) is 6.62. The van der Waals surface area contributed by atoms with E-state index in [4.69, 9.17) is 5.84 Å². The van der Waals surface area contributed by atoms with Crippen LogP contribution in [-0.4, -0.2) is 52.9 Å². The number of amides is 1. The molecule has 6 heteroatoms. The normalized spacial score (nSPS) is 23.3. The Morgan fingerprint density at radius 3 is 2.86 bits per heavy atom. The average molecular weight is 289 g/mol. The molecule has 0 bridgehead atoms.